The van der Waals surface area contributed by atoms with E-state index in [1.54, 1.807) is 0 Å². The van der Waals surface area contributed by atoms with E-state index in [1.165, 1.54) is 11.8 Å². The van der Waals surface area contributed by atoms with Crippen molar-refractivity contribution in [1.29, 1.82) is 0 Å². The fourth-order valence-corrected chi connectivity index (χ4v) is 1.32. The Labute approximate surface area is 69.9 Å². The highest BCUT2D eigenvalue weighted by atomic mass is 19.1. The highest BCUT2D eigenvalue weighted by Crippen LogP contribution is 2.02. The minimum absolute atomic E-state index is 0.174. The molecule has 0 saturated heterocycles. The summed E-state index contributed by atoms with van der Waals surface area (Å²) in [7, 11) is 0. The van der Waals surface area contributed by atoms with Crippen LogP contribution in [0.2, 0.25) is 0 Å². The maximum Gasteiger partial charge on any atom is 0.148 e. The molecule has 0 atom stereocenters. The number of allylic oxidation sites excluding steroid dienone is 2. The number of aromatic nitrogens is 1. The van der Waals surface area contributed by atoms with Crippen molar-refractivity contribution < 1.29 is 4.39 Å². The second kappa shape index (κ2) is 2.63. The first-order chi connectivity index (χ1) is 5.77. The fourth-order valence-electron chi connectivity index (χ4n) is 1.32. The van der Waals surface area contributed by atoms with Gasteiger partial charge >= 0.3 is 0 Å². The Morgan fingerprint density at radius 1 is 1.42 bits per heavy atom. The van der Waals surface area contributed by atoms with Crippen LogP contribution < -0.4 is 10.6 Å². The van der Waals surface area contributed by atoms with E-state index in [0.717, 1.165) is 11.8 Å². The Bertz CT molecular complexity index is 437. The van der Waals surface area contributed by atoms with Crippen molar-refractivity contribution in [3.63, 3.8) is 0 Å². The van der Waals surface area contributed by atoms with Gasteiger partial charge in [-0.3, -0.25) is 0 Å². The number of H-pyrrole nitrogens is 1. The lowest BCUT2D eigenvalue weighted by Gasteiger charge is -1.87. The molecular weight excluding hydrogens is 153 g/mol. The zero-order chi connectivity index (χ0) is 8.55. The first-order valence-corrected chi connectivity index (χ1v) is 3.98. The van der Waals surface area contributed by atoms with E-state index in [-0.39, 0.29) is 5.82 Å². The van der Waals surface area contributed by atoms with Crippen LogP contribution in [0, 0.1) is 5.82 Å². The standard InChI is InChI=1S/C10H10FN/c1-7-2-4-8-9(11)6-12-10(8)5-3-7/h2,4-6,12H,3H2,1H3. The van der Waals surface area contributed by atoms with Gasteiger partial charge in [0.1, 0.15) is 5.82 Å². The van der Waals surface area contributed by atoms with Crippen LogP contribution in [0.1, 0.15) is 13.3 Å². The summed E-state index contributed by atoms with van der Waals surface area (Å²) in [6.07, 6.45) is 8.07. The van der Waals surface area contributed by atoms with Crippen molar-refractivity contribution in [2.24, 2.45) is 0 Å². The Kier molecular flexibility index (Phi) is 1.61. The van der Waals surface area contributed by atoms with Crippen molar-refractivity contribution >= 4 is 12.2 Å². The normalized spacial score (nSPS) is 15.3. The largest absolute Gasteiger partial charge is 0.359 e. The maximum atomic E-state index is 13.0. The van der Waals surface area contributed by atoms with Crippen LogP contribution in [0.4, 0.5) is 4.39 Å². The fraction of sp³-hybridized carbons (Fsp3) is 0.200. The summed E-state index contributed by atoms with van der Waals surface area (Å²) in [5.74, 6) is -0.174. The molecule has 0 spiro atoms. The molecular formula is C10H10FN. The van der Waals surface area contributed by atoms with E-state index in [9.17, 15) is 4.39 Å². The summed E-state index contributed by atoms with van der Waals surface area (Å²) in [5, 5.41) is 1.56. The highest BCUT2D eigenvalue weighted by molar-refractivity contribution is 5.45. The molecule has 12 heavy (non-hydrogen) atoms. The Morgan fingerprint density at radius 2 is 2.25 bits per heavy atom. The average Bonchev–Trinajstić information content (AvgIpc) is 2.28. The summed E-state index contributed by atoms with van der Waals surface area (Å²) in [4.78, 5) is 2.89. The first kappa shape index (κ1) is 7.35. The van der Waals surface area contributed by atoms with Crippen molar-refractivity contribution in [1.82, 2.24) is 4.98 Å². The van der Waals surface area contributed by atoms with Crippen LogP contribution in [-0.2, 0) is 0 Å². The molecule has 0 radical (unpaired) electrons. The molecule has 62 valence electrons. The number of hydrogen-bond acceptors (Lipinski definition) is 0. The summed E-state index contributed by atoms with van der Waals surface area (Å²) in [6.45, 7) is 2.04. The Balaban J connectivity index is 2.76. The molecule has 0 saturated carbocycles. The van der Waals surface area contributed by atoms with Crippen LogP contribution in [0.5, 0.6) is 0 Å². The van der Waals surface area contributed by atoms with E-state index in [4.69, 9.17) is 0 Å². The van der Waals surface area contributed by atoms with Crippen molar-refractivity contribution in [2.75, 3.05) is 0 Å². The van der Waals surface area contributed by atoms with Gasteiger partial charge in [0.25, 0.3) is 0 Å². The van der Waals surface area contributed by atoms with E-state index in [0.29, 0.717) is 5.22 Å². The zero-order valence-electron chi connectivity index (χ0n) is 6.89. The first-order valence-electron chi connectivity index (χ1n) is 3.98. The van der Waals surface area contributed by atoms with Crippen LogP contribution in [0.3, 0.4) is 0 Å². The van der Waals surface area contributed by atoms with Gasteiger partial charge in [-0.25, -0.2) is 4.39 Å². The molecule has 0 aliphatic heterocycles. The average molecular weight is 163 g/mol. The quantitative estimate of drug-likeness (QED) is 0.588. The Hall–Kier alpha value is -1.31. The van der Waals surface area contributed by atoms with E-state index >= 15 is 0 Å². The summed E-state index contributed by atoms with van der Waals surface area (Å²) >= 11 is 0. The molecule has 1 N–H and O–H groups in total. The van der Waals surface area contributed by atoms with Gasteiger partial charge in [0.05, 0.1) is 0 Å². The highest BCUT2D eigenvalue weighted by Gasteiger charge is 1.98. The van der Waals surface area contributed by atoms with Gasteiger partial charge in [-0.1, -0.05) is 17.7 Å². The molecule has 1 aliphatic rings. The van der Waals surface area contributed by atoms with Crippen LogP contribution in [0.15, 0.2) is 17.8 Å². The number of fused-ring (bicyclic) bond motifs is 1. The van der Waals surface area contributed by atoms with Crippen molar-refractivity contribution in [3.05, 3.63) is 34.2 Å². The molecule has 0 aromatic carbocycles. The zero-order valence-corrected chi connectivity index (χ0v) is 6.89. The summed E-state index contributed by atoms with van der Waals surface area (Å²) in [6, 6.07) is 0. The maximum absolute atomic E-state index is 13.0. The lowest BCUT2D eigenvalue weighted by molar-refractivity contribution is 0.622. The van der Waals surface area contributed by atoms with Gasteiger partial charge in [-0.05, 0) is 19.4 Å². The van der Waals surface area contributed by atoms with Gasteiger partial charge in [0.15, 0.2) is 0 Å². The van der Waals surface area contributed by atoms with Gasteiger partial charge in [0.2, 0.25) is 0 Å². The SMILES string of the molecule is CC1=CC=c2c(F)c[nH]c2=CC1. The number of aromatic amines is 1. The predicted molar refractivity (Wildman–Crippen MR) is 47.3 cm³/mol. The second-order valence-corrected chi connectivity index (χ2v) is 3.05. The third-order valence-electron chi connectivity index (χ3n) is 2.06. The minimum atomic E-state index is -0.174. The number of hydrogen-bond donors (Lipinski definition) is 1. The third kappa shape index (κ3) is 1.09. The lowest BCUT2D eigenvalue weighted by Crippen LogP contribution is -2.23. The Morgan fingerprint density at radius 3 is 3.08 bits per heavy atom. The summed E-state index contributed by atoms with van der Waals surface area (Å²) in [5.41, 5.74) is 1.25. The van der Waals surface area contributed by atoms with Crippen LogP contribution in [0.25, 0.3) is 12.2 Å². The number of rotatable bonds is 0. The van der Waals surface area contributed by atoms with E-state index in [2.05, 4.69) is 4.98 Å². The molecule has 0 fully saturated rings. The number of halogens is 1. The van der Waals surface area contributed by atoms with Crippen LogP contribution in [-0.4, -0.2) is 4.98 Å². The molecule has 2 heteroatoms. The minimum Gasteiger partial charge on any atom is -0.359 e. The van der Waals surface area contributed by atoms with E-state index < -0.39 is 0 Å². The molecule has 1 nitrogen and oxygen atoms in total. The molecule has 0 amide bonds. The predicted octanol–water partition coefficient (Wildman–Crippen LogP) is 1.06. The van der Waals surface area contributed by atoms with Crippen molar-refractivity contribution in [3.8, 4) is 0 Å². The molecule has 1 heterocycles. The molecule has 0 unspecified atom stereocenters. The van der Waals surface area contributed by atoms with Gasteiger partial charge < -0.3 is 4.98 Å². The third-order valence-corrected chi connectivity index (χ3v) is 2.06. The summed E-state index contributed by atoms with van der Waals surface area (Å²) < 4.78 is 13.0. The van der Waals surface area contributed by atoms with Crippen LogP contribution >= 0.6 is 0 Å². The molecule has 1 aliphatic carbocycles. The lowest BCUT2D eigenvalue weighted by atomic mass is 10.2. The van der Waals surface area contributed by atoms with Gasteiger partial charge in [-0.2, -0.15) is 0 Å². The van der Waals surface area contributed by atoms with E-state index in [1.807, 2.05) is 25.2 Å². The number of nitrogens with one attached hydrogen (secondary N) is 1. The van der Waals surface area contributed by atoms with Gasteiger partial charge in [0, 0.05) is 16.8 Å². The monoisotopic (exact) mass is 163 g/mol. The second-order valence-electron chi connectivity index (χ2n) is 3.05. The van der Waals surface area contributed by atoms with Crippen molar-refractivity contribution in [2.45, 2.75) is 13.3 Å². The van der Waals surface area contributed by atoms with Gasteiger partial charge in [-0.15, -0.1) is 0 Å². The topological polar surface area (TPSA) is 15.8 Å². The molecule has 1 aromatic heterocycles. The molecule has 1 aromatic rings. The molecule has 2 rings (SSSR count). The smallest absolute Gasteiger partial charge is 0.148 e. The molecule has 0 bridgehead atoms.